The smallest absolute Gasteiger partial charge is 0.267 e. The lowest BCUT2D eigenvalue weighted by atomic mass is 10.0. The Bertz CT molecular complexity index is 1140. The van der Waals surface area contributed by atoms with Crippen molar-refractivity contribution in [2.45, 2.75) is 31.6 Å². The van der Waals surface area contributed by atoms with Crippen LogP contribution in [0.5, 0.6) is 0 Å². The summed E-state index contributed by atoms with van der Waals surface area (Å²) in [6, 6.07) is 10.3. The van der Waals surface area contributed by atoms with Crippen molar-refractivity contribution in [2.75, 3.05) is 18.4 Å². The number of sulfonamides is 1. The summed E-state index contributed by atoms with van der Waals surface area (Å²) in [6.45, 7) is 5.00. The number of rotatable bonds is 5. The zero-order valence-electron chi connectivity index (χ0n) is 16.8. The summed E-state index contributed by atoms with van der Waals surface area (Å²) in [5.74, 6) is 0.127. The predicted octanol–water partition coefficient (Wildman–Crippen LogP) is 4.85. The molecule has 1 aliphatic rings. The van der Waals surface area contributed by atoms with Crippen LogP contribution in [0.4, 0.5) is 5.69 Å². The third-order valence-electron chi connectivity index (χ3n) is 5.10. The predicted molar refractivity (Wildman–Crippen MR) is 122 cm³/mol. The molecule has 0 bridgehead atoms. The molecule has 0 aliphatic carbocycles. The summed E-state index contributed by atoms with van der Waals surface area (Å²) in [5, 5.41) is 5.65. The average molecular weight is 462 g/mol. The number of anilines is 1. The van der Waals surface area contributed by atoms with Crippen molar-refractivity contribution in [2.24, 2.45) is 5.92 Å². The second-order valence-corrected chi connectivity index (χ2v) is 11.4. The van der Waals surface area contributed by atoms with E-state index in [0.717, 1.165) is 22.7 Å². The molecule has 1 atom stereocenters. The highest BCUT2D eigenvalue weighted by atomic mass is 32.2. The number of hydrogen-bond donors (Lipinski definition) is 1. The number of thiazole rings is 1. The minimum absolute atomic E-state index is 0.242. The Balaban J connectivity index is 1.48. The van der Waals surface area contributed by atoms with Crippen molar-refractivity contribution < 1.29 is 13.2 Å². The van der Waals surface area contributed by atoms with Crippen LogP contribution in [0.25, 0.3) is 9.88 Å². The van der Waals surface area contributed by atoms with Gasteiger partial charge in [0, 0.05) is 18.8 Å². The molecular formula is C21H23N3O3S3. The number of carbonyl (C=O) groups is 1. The lowest BCUT2D eigenvalue weighted by Crippen LogP contribution is -2.39. The molecule has 1 N–H and O–H groups in total. The second-order valence-electron chi connectivity index (χ2n) is 7.50. The molecule has 158 valence electrons. The fourth-order valence-corrected chi connectivity index (χ4v) is 6.88. The number of nitrogens with one attached hydrogen (secondary N) is 1. The van der Waals surface area contributed by atoms with E-state index >= 15 is 0 Å². The van der Waals surface area contributed by atoms with Gasteiger partial charge in [-0.15, -0.1) is 22.7 Å². The monoisotopic (exact) mass is 461 g/mol. The molecule has 0 spiro atoms. The van der Waals surface area contributed by atoms with E-state index in [4.69, 9.17) is 0 Å². The normalized spacial score (nSPS) is 17.7. The third-order valence-corrected chi connectivity index (χ3v) is 9.18. The highest BCUT2D eigenvalue weighted by molar-refractivity contribution is 7.89. The first-order valence-electron chi connectivity index (χ1n) is 9.77. The molecule has 3 heterocycles. The Morgan fingerprint density at radius 2 is 2.00 bits per heavy atom. The first-order valence-corrected chi connectivity index (χ1v) is 12.9. The van der Waals surface area contributed by atoms with Crippen LogP contribution in [0.2, 0.25) is 0 Å². The van der Waals surface area contributed by atoms with E-state index in [1.807, 2.05) is 24.4 Å². The number of amides is 1. The molecule has 3 aromatic rings. The lowest BCUT2D eigenvalue weighted by Gasteiger charge is -2.30. The molecule has 1 amide bonds. The van der Waals surface area contributed by atoms with Crippen molar-refractivity contribution in [1.82, 2.24) is 9.29 Å². The molecule has 4 rings (SSSR count). The standard InChI is InChI=1S/C21H23N3O3S3/c1-14-5-3-11-24(13-14)30(26,27)17-9-7-16(8-10-17)23-20(25)19-15(2)22-21(29-19)18-6-4-12-28-18/h4,6-10,12,14H,3,5,11,13H2,1-2H3,(H,23,25). The summed E-state index contributed by atoms with van der Waals surface area (Å²) in [4.78, 5) is 19.1. The maximum atomic E-state index is 12.9. The molecule has 1 aliphatic heterocycles. The van der Waals surface area contributed by atoms with Gasteiger partial charge in [0.25, 0.3) is 5.91 Å². The Kier molecular flexibility index (Phi) is 6.06. The van der Waals surface area contributed by atoms with Crippen LogP contribution < -0.4 is 5.32 Å². The van der Waals surface area contributed by atoms with Crippen LogP contribution in [0.1, 0.15) is 35.1 Å². The third kappa shape index (κ3) is 4.34. The zero-order chi connectivity index (χ0) is 21.3. The van der Waals surface area contributed by atoms with Gasteiger partial charge in [-0.05, 0) is 61.4 Å². The summed E-state index contributed by atoms with van der Waals surface area (Å²) in [7, 11) is -3.51. The molecule has 6 nitrogen and oxygen atoms in total. The van der Waals surface area contributed by atoms with Gasteiger partial charge < -0.3 is 5.32 Å². The quantitative estimate of drug-likeness (QED) is 0.589. The molecule has 1 unspecified atom stereocenters. The number of thiophene rings is 1. The van der Waals surface area contributed by atoms with Gasteiger partial charge in [0.05, 0.1) is 15.5 Å². The van der Waals surface area contributed by atoms with Gasteiger partial charge in [-0.25, -0.2) is 13.4 Å². The van der Waals surface area contributed by atoms with Crippen LogP contribution >= 0.6 is 22.7 Å². The summed E-state index contributed by atoms with van der Waals surface area (Å²) in [5.41, 5.74) is 1.23. The van der Waals surface area contributed by atoms with E-state index in [-0.39, 0.29) is 10.8 Å². The summed E-state index contributed by atoms with van der Waals surface area (Å²) < 4.78 is 27.3. The second kappa shape index (κ2) is 8.58. The Morgan fingerprint density at radius 1 is 1.23 bits per heavy atom. The number of hydrogen-bond acceptors (Lipinski definition) is 6. The Morgan fingerprint density at radius 3 is 2.67 bits per heavy atom. The topological polar surface area (TPSA) is 79.4 Å². The van der Waals surface area contributed by atoms with Crippen LogP contribution in [0, 0.1) is 12.8 Å². The van der Waals surface area contributed by atoms with Gasteiger partial charge in [0.1, 0.15) is 9.88 Å². The molecule has 30 heavy (non-hydrogen) atoms. The highest BCUT2D eigenvalue weighted by Gasteiger charge is 2.28. The number of aromatic nitrogens is 1. The van der Waals surface area contributed by atoms with Gasteiger partial charge in [0.2, 0.25) is 10.0 Å². The van der Waals surface area contributed by atoms with Crippen LogP contribution in [0.3, 0.4) is 0 Å². The van der Waals surface area contributed by atoms with E-state index in [1.165, 1.54) is 11.3 Å². The van der Waals surface area contributed by atoms with Crippen LogP contribution in [-0.4, -0.2) is 36.7 Å². The van der Waals surface area contributed by atoms with Gasteiger partial charge in [0.15, 0.2) is 0 Å². The first kappa shape index (κ1) is 21.2. The fraction of sp³-hybridized carbons (Fsp3) is 0.333. The number of nitrogens with zero attached hydrogens (tertiary/aromatic N) is 2. The maximum absolute atomic E-state index is 12.9. The largest absolute Gasteiger partial charge is 0.321 e. The number of aryl methyl sites for hydroxylation is 1. The molecule has 1 fully saturated rings. The number of piperidine rings is 1. The molecule has 0 saturated carbocycles. The first-order chi connectivity index (χ1) is 14.3. The zero-order valence-corrected chi connectivity index (χ0v) is 19.2. The van der Waals surface area contributed by atoms with Crippen LogP contribution in [0.15, 0.2) is 46.7 Å². The molecule has 2 aromatic heterocycles. The van der Waals surface area contributed by atoms with Crippen molar-refractivity contribution in [1.29, 1.82) is 0 Å². The summed E-state index contributed by atoms with van der Waals surface area (Å²) in [6.07, 6.45) is 1.94. The molecule has 9 heteroatoms. The van der Waals surface area contributed by atoms with E-state index in [1.54, 1.807) is 39.9 Å². The lowest BCUT2D eigenvalue weighted by molar-refractivity contribution is 0.103. The van der Waals surface area contributed by atoms with Gasteiger partial charge in [-0.3, -0.25) is 4.79 Å². The highest BCUT2D eigenvalue weighted by Crippen LogP contribution is 2.31. The van der Waals surface area contributed by atoms with Gasteiger partial charge in [-0.1, -0.05) is 13.0 Å². The number of carbonyl (C=O) groups excluding carboxylic acids is 1. The molecule has 1 saturated heterocycles. The van der Waals surface area contributed by atoms with E-state index < -0.39 is 10.0 Å². The Hall–Kier alpha value is -2.07. The maximum Gasteiger partial charge on any atom is 0.267 e. The molecular weight excluding hydrogens is 438 g/mol. The average Bonchev–Trinajstić information content (AvgIpc) is 3.38. The van der Waals surface area contributed by atoms with E-state index in [2.05, 4.69) is 17.2 Å². The van der Waals surface area contributed by atoms with Crippen molar-refractivity contribution in [3.05, 3.63) is 52.3 Å². The molecule has 0 radical (unpaired) electrons. The van der Waals surface area contributed by atoms with Crippen molar-refractivity contribution in [3.8, 4) is 9.88 Å². The summed E-state index contributed by atoms with van der Waals surface area (Å²) >= 11 is 2.94. The Labute approximate surface area is 184 Å². The van der Waals surface area contributed by atoms with Crippen LogP contribution in [-0.2, 0) is 10.0 Å². The van der Waals surface area contributed by atoms with Crippen molar-refractivity contribution >= 4 is 44.3 Å². The minimum atomic E-state index is -3.51. The fourth-order valence-electron chi connectivity index (χ4n) is 3.52. The van der Waals surface area contributed by atoms with E-state index in [0.29, 0.717) is 35.3 Å². The van der Waals surface area contributed by atoms with E-state index in [9.17, 15) is 13.2 Å². The van der Waals surface area contributed by atoms with Gasteiger partial charge >= 0.3 is 0 Å². The minimum Gasteiger partial charge on any atom is -0.321 e. The van der Waals surface area contributed by atoms with Gasteiger partial charge in [-0.2, -0.15) is 4.31 Å². The molecule has 1 aromatic carbocycles. The van der Waals surface area contributed by atoms with Crippen molar-refractivity contribution in [3.63, 3.8) is 0 Å². The number of benzene rings is 1. The SMILES string of the molecule is Cc1nc(-c2cccs2)sc1C(=O)Nc1ccc(S(=O)(=O)N2CCCC(C)C2)cc1.